The second kappa shape index (κ2) is 10.1. The number of aryl methyl sites for hydroxylation is 1. The van der Waals surface area contributed by atoms with Gasteiger partial charge >= 0.3 is 0 Å². The van der Waals surface area contributed by atoms with Crippen molar-refractivity contribution < 1.29 is 9.53 Å². The van der Waals surface area contributed by atoms with Crippen molar-refractivity contribution in [2.75, 3.05) is 0 Å². The van der Waals surface area contributed by atoms with Gasteiger partial charge in [-0.3, -0.25) is 9.59 Å². The summed E-state index contributed by atoms with van der Waals surface area (Å²) in [6.07, 6.45) is 3.13. The standard InChI is InChI=1S/C24H24ClN3O3/c1-16(2)31-22-10-9-18(13-21(22)25)14-26-27-23(29)20-8-5-11-28(24(20)30)15-19-7-4-6-17(3)12-19/h4-14,16H,15H2,1-3H3,(H,27,29)/b26-14-. The number of benzene rings is 2. The van der Waals surface area contributed by atoms with Crippen LogP contribution in [0.3, 0.4) is 0 Å². The van der Waals surface area contributed by atoms with Gasteiger partial charge in [0.1, 0.15) is 11.3 Å². The number of pyridine rings is 1. The SMILES string of the molecule is Cc1cccc(Cn2cccc(C(=O)N/N=C\c3ccc(OC(C)C)c(Cl)c3)c2=O)c1. The highest BCUT2D eigenvalue weighted by Crippen LogP contribution is 2.25. The van der Waals surface area contributed by atoms with Gasteiger partial charge in [-0.15, -0.1) is 0 Å². The molecule has 0 spiro atoms. The first-order valence-electron chi connectivity index (χ1n) is 9.88. The zero-order valence-electron chi connectivity index (χ0n) is 17.6. The first-order chi connectivity index (χ1) is 14.8. The number of carbonyl (C=O) groups excluding carboxylic acids is 1. The maximum Gasteiger partial charge on any atom is 0.276 e. The predicted octanol–water partition coefficient (Wildman–Crippen LogP) is 4.41. The second-order valence-corrected chi connectivity index (χ2v) is 7.81. The van der Waals surface area contributed by atoms with Gasteiger partial charge in [-0.25, -0.2) is 5.43 Å². The fourth-order valence-corrected chi connectivity index (χ4v) is 3.25. The Kier molecular flexibility index (Phi) is 7.26. The molecule has 0 aliphatic rings. The van der Waals surface area contributed by atoms with E-state index >= 15 is 0 Å². The van der Waals surface area contributed by atoms with Gasteiger partial charge in [0.25, 0.3) is 11.5 Å². The molecule has 0 aliphatic heterocycles. The molecule has 3 aromatic rings. The van der Waals surface area contributed by atoms with Gasteiger partial charge in [0, 0.05) is 6.20 Å². The summed E-state index contributed by atoms with van der Waals surface area (Å²) in [7, 11) is 0. The van der Waals surface area contributed by atoms with Crippen molar-refractivity contribution in [3.63, 3.8) is 0 Å². The molecule has 1 amide bonds. The Bertz CT molecular complexity index is 1170. The van der Waals surface area contributed by atoms with Gasteiger partial charge < -0.3 is 9.30 Å². The average Bonchev–Trinajstić information content (AvgIpc) is 2.71. The summed E-state index contributed by atoms with van der Waals surface area (Å²) in [5.74, 6) is 0.00185. The number of carbonyl (C=O) groups is 1. The Morgan fingerprint density at radius 1 is 1.19 bits per heavy atom. The highest BCUT2D eigenvalue weighted by atomic mass is 35.5. The van der Waals surface area contributed by atoms with Crippen molar-refractivity contribution in [3.05, 3.63) is 98.4 Å². The number of nitrogens with zero attached hydrogens (tertiary/aromatic N) is 2. The van der Waals surface area contributed by atoms with Crippen LogP contribution in [-0.4, -0.2) is 22.8 Å². The van der Waals surface area contributed by atoms with Crippen LogP contribution in [0.25, 0.3) is 0 Å². The number of hydrogen-bond acceptors (Lipinski definition) is 4. The van der Waals surface area contributed by atoms with E-state index in [-0.39, 0.29) is 17.2 Å². The zero-order valence-corrected chi connectivity index (χ0v) is 18.4. The van der Waals surface area contributed by atoms with Gasteiger partial charge in [-0.05, 0) is 62.2 Å². The van der Waals surface area contributed by atoms with Gasteiger partial charge in [-0.2, -0.15) is 5.10 Å². The van der Waals surface area contributed by atoms with Crippen molar-refractivity contribution >= 4 is 23.7 Å². The van der Waals surface area contributed by atoms with E-state index in [0.717, 1.165) is 11.1 Å². The summed E-state index contributed by atoms with van der Waals surface area (Å²) in [6.45, 7) is 6.21. The largest absolute Gasteiger partial charge is 0.489 e. The number of hydrazone groups is 1. The smallest absolute Gasteiger partial charge is 0.276 e. The lowest BCUT2D eigenvalue weighted by atomic mass is 10.1. The average molecular weight is 438 g/mol. The van der Waals surface area contributed by atoms with Gasteiger partial charge in [0.2, 0.25) is 0 Å². The van der Waals surface area contributed by atoms with E-state index in [4.69, 9.17) is 16.3 Å². The van der Waals surface area contributed by atoms with E-state index in [1.807, 2.05) is 45.0 Å². The molecule has 0 atom stereocenters. The number of nitrogens with one attached hydrogen (secondary N) is 1. The van der Waals surface area contributed by atoms with Gasteiger partial charge in [0.05, 0.1) is 23.9 Å². The predicted molar refractivity (Wildman–Crippen MR) is 123 cm³/mol. The molecule has 1 N–H and O–H groups in total. The van der Waals surface area contributed by atoms with Crippen molar-refractivity contribution in [2.24, 2.45) is 5.10 Å². The quantitative estimate of drug-likeness (QED) is 0.439. The molecule has 31 heavy (non-hydrogen) atoms. The molecule has 0 radical (unpaired) electrons. The molecule has 6 nitrogen and oxygen atoms in total. The van der Waals surface area contributed by atoms with E-state index in [0.29, 0.717) is 22.9 Å². The maximum atomic E-state index is 12.7. The number of hydrogen-bond donors (Lipinski definition) is 1. The van der Waals surface area contributed by atoms with Crippen LogP contribution < -0.4 is 15.7 Å². The summed E-state index contributed by atoms with van der Waals surface area (Å²) in [5, 5.41) is 4.39. The monoisotopic (exact) mass is 437 g/mol. The summed E-state index contributed by atoms with van der Waals surface area (Å²) in [6, 6.07) is 16.2. The van der Waals surface area contributed by atoms with Crippen LogP contribution in [0.4, 0.5) is 0 Å². The third-order valence-electron chi connectivity index (χ3n) is 4.40. The van der Waals surface area contributed by atoms with E-state index < -0.39 is 5.91 Å². The minimum absolute atomic E-state index is 0.0112. The normalized spacial score (nSPS) is 11.1. The molecule has 160 valence electrons. The summed E-state index contributed by atoms with van der Waals surface area (Å²) in [5.41, 5.74) is 4.82. The fraction of sp³-hybridized carbons (Fsp3) is 0.208. The van der Waals surface area contributed by atoms with E-state index in [1.54, 1.807) is 30.5 Å². The van der Waals surface area contributed by atoms with E-state index in [1.165, 1.54) is 16.8 Å². The number of rotatable bonds is 7. The zero-order chi connectivity index (χ0) is 22.4. The minimum atomic E-state index is -0.578. The lowest BCUT2D eigenvalue weighted by Gasteiger charge is -2.11. The molecule has 0 bridgehead atoms. The summed E-state index contributed by atoms with van der Waals surface area (Å²) < 4.78 is 7.09. The van der Waals surface area contributed by atoms with E-state index in [9.17, 15) is 9.59 Å². The molecule has 0 fully saturated rings. The Hall–Kier alpha value is -3.38. The fourth-order valence-electron chi connectivity index (χ4n) is 3.01. The highest BCUT2D eigenvalue weighted by molar-refractivity contribution is 6.32. The van der Waals surface area contributed by atoms with Crippen LogP contribution in [0.5, 0.6) is 5.75 Å². The topological polar surface area (TPSA) is 72.7 Å². The Morgan fingerprint density at radius 2 is 2.00 bits per heavy atom. The van der Waals surface area contributed by atoms with E-state index in [2.05, 4.69) is 10.5 Å². The summed E-state index contributed by atoms with van der Waals surface area (Å²) >= 11 is 6.21. The molecule has 7 heteroatoms. The summed E-state index contributed by atoms with van der Waals surface area (Å²) in [4.78, 5) is 25.2. The molecule has 2 aromatic carbocycles. The highest BCUT2D eigenvalue weighted by Gasteiger charge is 2.12. The molecule has 0 saturated carbocycles. The molecule has 0 saturated heterocycles. The van der Waals surface area contributed by atoms with Gasteiger partial charge in [-0.1, -0.05) is 41.4 Å². The lowest BCUT2D eigenvalue weighted by molar-refractivity contribution is 0.0953. The maximum absolute atomic E-state index is 12.7. The van der Waals surface area contributed by atoms with Crippen LogP contribution in [-0.2, 0) is 6.54 Å². The Balaban J connectivity index is 1.69. The molecular weight excluding hydrogens is 414 g/mol. The third-order valence-corrected chi connectivity index (χ3v) is 4.69. The minimum Gasteiger partial charge on any atom is -0.489 e. The third kappa shape index (κ3) is 6.06. The van der Waals surface area contributed by atoms with Crippen LogP contribution in [0.1, 0.15) is 40.9 Å². The van der Waals surface area contributed by atoms with Crippen molar-refractivity contribution in [2.45, 2.75) is 33.4 Å². The van der Waals surface area contributed by atoms with Crippen molar-refractivity contribution in [1.29, 1.82) is 0 Å². The molecule has 0 aliphatic carbocycles. The van der Waals surface area contributed by atoms with Crippen molar-refractivity contribution in [3.8, 4) is 5.75 Å². The molecule has 1 heterocycles. The van der Waals surface area contributed by atoms with Crippen LogP contribution in [0, 0.1) is 6.92 Å². The number of aromatic nitrogens is 1. The van der Waals surface area contributed by atoms with Crippen molar-refractivity contribution in [1.82, 2.24) is 9.99 Å². The number of ether oxygens (including phenoxy) is 1. The Labute approximate surface area is 186 Å². The molecular formula is C24H24ClN3O3. The van der Waals surface area contributed by atoms with Crippen LogP contribution in [0.2, 0.25) is 5.02 Å². The van der Waals surface area contributed by atoms with Crippen LogP contribution in [0.15, 0.2) is 70.7 Å². The first-order valence-corrected chi connectivity index (χ1v) is 10.3. The number of amides is 1. The molecule has 1 aromatic heterocycles. The molecule has 3 rings (SSSR count). The van der Waals surface area contributed by atoms with Crippen LogP contribution >= 0.6 is 11.6 Å². The first kappa shape index (κ1) is 22.3. The Morgan fingerprint density at radius 3 is 2.71 bits per heavy atom. The second-order valence-electron chi connectivity index (χ2n) is 7.40. The lowest BCUT2D eigenvalue weighted by Crippen LogP contribution is -2.30. The molecule has 0 unspecified atom stereocenters. The number of halogens is 1. The van der Waals surface area contributed by atoms with Gasteiger partial charge in [0.15, 0.2) is 0 Å².